The van der Waals surface area contributed by atoms with Gasteiger partial charge in [-0.1, -0.05) is 23.2 Å². The number of piperidine rings is 1. The van der Waals surface area contributed by atoms with E-state index >= 15 is 0 Å². The molecule has 2 fully saturated rings. The number of hydrogen-bond donors (Lipinski definition) is 0. The highest BCUT2D eigenvalue weighted by atomic mass is 35.5. The standard InChI is InChI=1S/C18H23Cl2N3O2/c1-21-6-8-23(9-7-21)17(24)13-2-4-22(5-3-13)18(25)14-10-15(19)12-16(20)11-14/h10-13H,2-9H2,1H3. The highest BCUT2D eigenvalue weighted by Gasteiger charge is 2.31. The maximum atomic E-state index is 12.7. The van der Waals surface area contributed by atoms with Crippen LogP contribution in [-0.4, -0.2) is 72.8 Å². The average Bonchev–Trinajstić information content (AvgIpc) is 2.60. The number of halogens is 2. The smallest absolute Gasteiger partial charge is 0.253 e. The minimum atomic E-state index is -0.0742. The molecule has 0 unspecified atom stereocenters. The second-order valence-electron chi connectivity index (χ2n) is 6.85. The third kappa shape index (κ3) is 4.46. The van der Waals surface area contributed by atoms with Gasteiger partial charge in [0, 0.05) is 60.8 Å². The molecule has 2 amide bonds. The van der Waals surface area contributed by atoms with Gasteiger partial charge in [0.25, 0.3) is 5.91 Å². The van der Waals surface area contributed by atoms with E-state index in [2.05, 4.69) is 11.9 Å². The van der Waals surface area contributed by atoms with Crippen LogP contribution in [0.3, 0.4) is 0 Å². The zero-order valence-electron chi connectivity index (χ0n) is 14.4. The number of carbonyl (C=O) groups is 2. The molecular formula is C18H23Cl2N3O2. The van der Waals surface area contributed by atoms with Gasteiger partial charge < -0.3 is 14.7 Å². The molecule has 136 valence electrons. The third-order valence-electron chi connectivity index (χ3n) is 5.06. The maximum absolute atomic E-state index is 12.7. The van der Waals surface area contributed by atoms with E-state index in [0.29, 0.717) is 41.5 Å². The quantitative estimate of drug-likeness (QED) is 0.788. The number of amides is 2. The van der Waals surface area contributed by atoms with Crippen LogP contribution in [0, 0.1) is 5.92 Å². The van der Waals surface area contributed by atoms with E-state index < -0.39 is 0 Å². The van der Waals surface area contributed by atoms with E-state index in [9.17, 15) is 9.59 Å². The Labute approximate surface area is 158 Å². The van der Waals surface area contributed by atoms with Gasteiger partial charge >= 0.3 is 0 Å². The fraction of sp³-hybridized carbons (Fsp3) is 0.556. The van der Waals surface area contributed by atoms with Crippen LogP contribution in [0.15, 0.2) is 18.2 Å². The number of carbonyl (C=O) groups excluding carboxylic acids is 2. The summed E-state index contributed by atoms with van der Waals surface area (Å²) in [5.41, 5.74) is 0.501. The van der Waals surface area contributed by atoms with E-state index in [1.165, 1.54) is 0 Å². The Kier molecular flexibility index (Phi) is 5.87. The molecule has 0 radical (unpaired) electrons. The summed E-state index contributed by atoms with van der Waals surface area (Å²) in [4.78, 5) is 31.3. The zero-order chi connectivity index (χ0) is 18.0. The summed E-state index contributed by atoms with van der Waals surface area (Å²) in [6.07, 6.45) is 1.43. The lowest BCUT2D eigenvalue weighted by atomic mass is 9.94. The lowest BCUT2D eigenvalue weighted by Gasteiger charge is -2.37. The Bertz CT molecular complexity index is 631. The second kappa shape index (κ2) is 7.94. The largest absolute Gasteiger partial charge is 0.340 e. The summed E-state index contributed by atoms with van der Waals surface area (Å²) in [5.74, 6) is 0.191. The molecule has 2 saturated heterocycles. The minimum absolute atomic E-state index is 0.0235. The van der Waals surface area contributed by atoms with Crippen molar-refractivity contribution < 1.29 is 9.59 Å². The number of rotatable bonds is 2. The molecule has 2 aliphatic heterocycles. The fourth-order valence-electron chi connectivity index (χ4n) is 3.47. The van der Waals surface area contributed by atoms with Crippen molar-refractivity contribution in [1.82, 2.24) is 14.7 Å². The molecule has 0 aliphatic carbocycles. The van der Waals surface area contributed by atoms with Crippen molar-refractivity contribution in [3.8, 4) is 0 Å². The average molecular weight is 384 g/mol. The lowest BCUT2D eigenvalue weighted by Crippen LogP contribution is -2.51. The predicted octanol–water partition coefficient (Wildman–Crippen LogP) is 2.62. The summed E-state index contributed by atoms with van der Waals surface area (Å²) in [5, 5.41) is 0.909. The first-order chi connectivity index (χ1) is 11.9. The first-order valence-corrected chi connectivity index (χ1v) is 9.42. The molecule has 1 aromatic carbocycles. The number of hydrogen-bond acceptors (Lipinski definition) is 3. The zero-order valence-corrected chi connectivity index (χ0v) is 15.9. The predicted molar refractivity (Wildman–Crippen MR) is 99.2 cm³/mol. The first kappa shape index (κ1) is 18.5. The van der Waals surface area contributed by atoms with Crippen molar-refractivity contribution in [2.75, 3.05) is 46.3 Å². The molecule has 2 aliphatic rings. The van der Waals surface area contributed by atoms with Gasteiger partial charge in [-0.2, -0.15) is 0 Å². The topological polar surface area (TPSA) is 43.9 Å². The van der Waals surface area contributed by atoms with Crippen LogP contribution in [0.5, 0.6) is 0 Å². The van der Waals surface area contributed by atoms with Crippen molar-refractivity contribution >= 4 is 35.0 Å². The Hall–Kier alpha value is -1.30. The van der Waals surface area contributed by atoms with Crippen LogP contribution in [0.25, 0.3) is 0 Å². The number of piperazine rings is 1. The van der Waals surface area contributed by atoms with E-state index in [1.807, 2.05) is 4.90 Å². The van der Waals surface area contributed by atoms with Gasteiger partial charge in [0.1, 0.15) is 0 Å². The molecule has 0 bridgehead atoms. The molecule has 0 N–H and O–H groups in total. The fourth-order valence-corrected chi connectivity index (χ4v) is 4.00. The minimum Gasteiger partial charge on any atom is -0.340 e. The summed E-state index contributed by atoms with van der Waals surface area (Å²) in [7, 11) is 2.08. The van der Waals surface area contributed by atoms with Gasteiger partial charge in [-0.3, -0.25) is 9.59 Å². The number of benzene rings is 1. The molecule has 3 rings (SSSR count). The molecule has 0 saturated carbocycles. The van der Waals surface area contributed by atoms with Gasteiger partial charge in [0.2, 0.25) is 5.91 Å². The molecule has 0 aromatic heterocycles. The molecular weight excluding hydrogens is 361 g/mol. The van der Waals surface area contributed by atoms with E-state index in [4.69, 9.17) is 23.2 Å². The normalized spacial score (nSPS) is 20.0. The molecule has 25 heavy (non-hydrogen) atoms. The van der Waals surface area contributed by atoms with E-state index in [-0.39, 0.29) is 17.7 Å². The highest BCUT2D eigenvalue weighted by Crippen LogP contribution is 2.24. The summed E-state index contributed by atoms with van der Waals surface area (Å²) < 4.78 is 0. The summed E-state index contributed by atoms with van der Waals surface area (Å²) in [6.45, 7) is 4.64. The van der Waals surface area contributed by atoms with Crippen molar-refractivity contribution in [2.45, 2.75) is 12.8 Å². The monoisotopic (exact) mass is 383 g/mol. The molecule has 5 nitrogen and oxygen atoms in total. The third-order valence-corrected chi connectivity index (χ3v) is 5.49. The molecule has 2 heterocycles. The Morgan fingerprint density at radius 3 is 2.00 bits per heavy atom. The first-order valence-electron chi connectivity index (χ1n) is 8.67. The van der Waals surface area contributed by atoms with Crippen LogP contribution in [-0.2, 0) is 4.79 Å². The van der Waals surface area contributed by atoms with Crippen molar-refractivity contribution in [3.63, 3.8) is 0 Å². The SMILES string of the molecule is CN1CCN(C(=O)C2CCN(C(=O)c3cc(Cl)cc(Cl)c3)CC2)CC1. The number of likely N-dealkylation sites (N-methyl/N-ethyl adjacent to an activating group) is 1. The Balaban J connectivity index is 1.56. The lowest BCUT2D eigenvalue weighted by molar-refractivity contribution is -0.138. The molecule has 1 aromatic rings. The van der Waals surface area contributed by atoms with Gasteiger partial charge in [-0.25, -0.2) is 0 Å². The van der Waals surface area contributed by atoms with Gasteiger partial charge in [0.05, 0.1) is 0 Å². The molecule has 0 spiro atoms. The molecule has 0 atom stereocenters. The van der Waals surface area contributed by atoms with Crippen LogP contribution in [0.1, 0.15) is 23.2 Å². The molecule has 7 heteroatoms. The Morgan fingerprint density at radius 1 is 0.880 bits per heavy atom. The summed E-state index contributed by atoms with van der Waals surface area (Å²) in [6, 6.07) is 4.88. The Morgan fingerprint density at radius 2 is 1.44 bits per heavy atom. The van der Waals surface area contributed by atoms with Crippen LogP contribution in [0.2, 0.25) is 10.0 Å². The highest BCUT2D eigenvalue weighted by molar-refractivity contribution is 6.35. The van der Waals surface area contributed by atoms with Crippen molar-refractivity contribution in [3.05, 3.63) is 33.8 Å². The number of nitrogens with zero attached hydrogens (tertiary/aromatic N) is 3. The number of likely N-dealkylation sites (tertiary alicyclic amines) is 1. The van der Waals surface area contributed by atoms with Gasteiger partial charge in [0.15, 0.2) is 0 Å². The summed E-state index contributed by atoms with van der Waals surface area (Å²) >= 11 is 12.0. The van der Waals surface area contributed by atoms with Crippen molar-refractivity contribution in [2.24, 2.45) is 5.92 Å². The van der Waals surface area contributed by atoms with Crippen LogP contribution < -0.4 is 0 Å². The van der Waals surface area contributed by atoms with Gasteiger partial charge in [-0.05, 0) is 38.1 Å². The van der Waals surface area contributed by atoms with Gasteiger partial charge in [-0.15, -0.1) is 0 Å². The maximum Gasteiger partial charge on any atom is 0.253 e. The van der Waals surface area contributed by atoms with Crippen LogP contribution in [0.4, 0.5) is 0 Å². The van der Waals surface area contributed by atoms with Crippen molar-refractivity contribution in [1.29, 1.82) is 0 Å². The van der Waals surface area contributed by atoms with Crippen LogP contribution >= 0.6 is 23.2 Å². The van der Waals surface area contributed by atoms with E-state index in [0.717, 1.165) is 26.2 Å². The second-order valence-corrected chi connectivity index (χ2v) is 7.73. The van der Waals surface area contributed by atoms with E-state index in [1.54, 1.807) is 23.1 Å².